The fourth-order valence-electron chi connectivity index (χ4n) is 1.97. The molecule has 0 aliphatic heterocycles. The maximum absolute atomic E-state index is 10.9. The molecule has 0 heterocycles. The summed E-state index contributed by atoms with van der Waals surface area (Å²) in [6.07, 6.45) is -2.24. The maximum Gasteiger partial charge on any atom is 1.00 e. The molecule has 0 aliphatic rings. The van der Waals surface area contributed by atoms with E-state index < -0.39 is 55.4 Å². The first-order valence-electron chi connectivity index (χ1n) is 8.76. The molecule has 2 rings (SSSR count). The molecule has 0 bridgehead atoms. The molecule has 2 atom stereocenters. The van der Waals surface area contributed by atoms with E-state index in [1.165, 1.54) is 30.3 Å². The monoisotopic (exact) mass is 508 g/mol. The normalized spacial score (nSPS) is 12.6. The van der Waals surface area contributed by atoms with Crippen LogP contribution in [0.5, 0.6) is 11.5 Å². The molecule has 2 aromatic rings. The molecule has 2 aromatic carbocycles. The van der Waals surface area contributed by atoms with E-state index in [0.29, 0.717) is 0 Å². The molecular formula is C18H22Li2O12S2. The van der Waals surface area contributed by atoms with Gasteiger partial charge in [0, 0.05) is 10.6 Å². The van der Waals surface area contributed by atoms with Gasteiger partial charge >= 0.3 is 37.7 Å². The number of para-hydroxylation sites is 1. The van der Waals surface area contributed by atoms with E-state index in [4.69, 9.17) is 34.5 Å². The van der Waals surface area contributed by atoms with Crippen molar-refractivity contribution >= 4 is 20.2 Å². The van der Waals surface area contributed by atoms with Gasteiger partial charge in [0.15, 0.2) is 0 Å². The first-order chi connectivity index (χ1) is 14.9. The van der Waals surface area contributed by atoms with E-state index in [-0.39, 0.29) is 62.4 Å². The van der Waals surface area contributed by atoms with Crippen LogP contribution in [-0.2, 0) is 20.2 Å². The third kappa shape index (κ3) is 12.6. The Balaban J connectivity index is 0. The summed E-state index contributed by atoms with van der Waals surface area (Å²) in [6.45, 7) is -1.57. The van der Waals surface area contributed by atoms with Crippen molar-refractivity contribution in [2.45, 2.75) is 22.0 Å². The summed E-state index contributed by atoms with van der Waals surface area (Å²) < 4.78 is 73.0. The first kappa shape index (κ1) is 35.1. The number of hydrogen-bond donors (Lipinski definition) is 5. The average Bonchev–Trinajstić information content (AvgIpc) is 2.75. The Morgan fingerprint density at radius 3 is 1.76 bits per heavy atom. The smallest absolute Gasteiger partial charge is 0.744 e. The number of aliphatic hydroxyl groups is 4. The van der Waals surface area contributed by atoms with Gasteiger partial charge in [0.05, 0.1) is 18.1 Å². The van der Waals surface area contributed by atoms with Gasteiger partial charge in [-0.05, 0) is 12.1 Å². The molecule has 0 fully saturated rings. The van der Waals surface area contributed by atoms with E-state index in [2.05, 4.69) is 6.07 Å². The minimum Gasteiger partial charge on any atom is -0.744 e. The SMILES string of the molecule is O=S(=O)(O)c1c[c-]ccc1OCC(O)CO.O=S(=O)([O-])c1ccccc1OCC(O)CO.[Li+].[Li+]. The molecule has 180 valence electrons. The minimum atomic E-state index is -4.61. The molecule has 16 heteroatoms. The Kier molecular flexibility index (Phi) is 17.1. The molecule has 2 unspecified atom stereocenters. The van der Waals surface area contributed by atoms with Crippen molar-refractivity contribution in [3.05, 3.63) is 48.5 Å². The second-order valence-electron chi connectivity index (χ2n) is 6.04. The number of hydrogen-bond acceptors (Lipinski definition) is 11. The van der Waals surface area contributed by atoms with Crippen LogP contribution in [0.2, 0.25) is 0 Å². The van der Waals surface area contributed by atoms with E-state index >= 15 is 0 Å². The Bertz CT molecular complexity index is 979. The predicted octanol–water partition coefficient (Wildman–Crippen LogP) is -7.20. The van der Waals surface area contributed by atoms with Crippen LogP contribution >= 0.6 is 0 Å². The summed E-state index contributed by atoms with van der Waals surface area (Å²) >= 11 is 0. The van der Waals surface area contributed by atoms with Crippen molar-refractivity contribution in [3.63, 3.8) is 0 Å². The summed E-state index contributed by atoms with van der Waals surface area (Å²) in [5.41, 5.74) is 0. The van der Waals surface area contributed by atoms with E-state index in [9.17, 15) is 21.4 Å². The Hall–Kier alpha value is -1.11. The summed E-state index contributed by atoms with van der Waals surface area (Å²) in [7, 11) is -9.00. The van der Waals surface area contributed by atoms with Gasteiger partial charge in [-0.1, -0.05) is 12.1 Å². The number of ether oxygens (including phenoxy) is 2. The quantitative estimate of drug-likeness (QED) is 0.115. The molecule has 34 heavy (non-hydrogen) atoms. The van der Waals surface area contributed by atoms with Crippen molar-refractivity contribution in [2.75, 3.05) is 26.4 Å². The molecule has 5 N–H and O–H groups in total. The molecule has 0 amide bonds. The van der Waals surface area contributed by atoms with Gasteiger partial charge in [0.2, 0.25) is 10.1 Å². The third-order valence-electron chi connectivity index (χ3n) is 3.47. The molecule has 0 saturated carbocycles. The van der Waals surface area contributed by atoms with Gasteiger partial charge in [-0.2, -0.15) is 18.2 Å². The van der Waals surface area contributed by atoms with E-state index in [0.717, 1.165) is 12.1 Å². The Morgan fingerprint density at radius 2 is 1.32 bits per heavy atom. The molecule has 0 spiro atoms. The molecule has 0 saturated heterocycles. The predicted molar refractivity (Wildman–Crippen MR) is 107 cm³/mol. The minimum absolute atomic E-state index is 0. The van der Waals surface area contributed by atoms with Crippen LogP contribution in [0.1, 0.15) is 0 Å². The molecule has 12 nitrogen and oxygen atoms in total. The largest absolute Gasteiger partial charge is 1.00 e. The first-order valence-corrected chi connectivity index (χ1v) is 11.6. The van der Waals surface area contributed by atoms with Gasteiger partial charge in [-0.3, -0.25) is 4.55 Å². The zero-order valence-corrected chi connectivity index (χ0v) is 20.1. The van der Waals surface area contributed by atoms with Crippen LogP contribution in [0.4, 0.5) is 0 Å². The van der Waals surface area contributed by atoms with Gasteiger partial charge in [-0.15, -0.1) is 6.07 Å². The second-order valence-corrected chi connectivity index (χ2v) is 8.78. The fourth-order valence-corrected chi connectivity index (χ4v) is 3.19. The molecule has 0 radical (unpaired) electrons. The summed E-state index contributed by atoms with van der Waals surface area (Å²) in [5, 5.41) is 35.1. The van der Waals surface area contributed by atoms with Crippen molar-refractivity contribution in [1.29, 1.82) is 0 Å². The van der Waals surface area contributed by atoms with Crippen LogP contribution in [0.25, 0.3) is 0 Å². The van der Waals surface area contributed by atoms with Crippen molar-refractivity contribution in [3.8, 4) is 11.5 Å². The van der Waals surface area contributed by atoms with Crippen LogP contribution in [0, 0.1) is 6.07 Å². The van der Waals surface area contributed by atoms with Crippen LogP contribution in [0.3, 0.4) is 0 Å². The second kappa shape index (κ2) is 16.5. The summed E-state index contributed by atoms with van der Waals surface area (Å²) in [5.74, 6) is -0.237. The van der Waals surface area contributed by atoms with Gasteiger partial charge in [0.1, 0.15) is 41.3 Å². The zero-order chi connectivity index (χ0) is 24.4. The van der Waals surface area contributed by atoms with Crippen molar-refractivity contribution in [1.82, 2.24) is 0 Å². The van der Waals surface area contributed by atoms with Crippen LogP contribution in [0.15, 0.2) is 52.3 Å². The number of aliphatic hydroxyl groups excluding tert-OH is 4. The zero-order valence-electron chi connectivity index (χ0n) is 18.4. The summed E-state index contributed by atoms with van der Waals surface area (Å²) in [6, 6.07) is 11.5. The molecular weight excluding hydrogens is 486 g/mol. The summed E-state index contributed by atoms with van der Waals surface area (Å²) in [4.78, 5) is -0.916. The average molecular weight is 508 g/mol. The number of benzene rings is 2. The van der Waals surface area contributed by atoms with Crippen molar-refractivity contribution < 1.29 is 93.6 Å². The van der Waals surface area contributed by atoms with Gasteiger partial charge < -0.3 is 34.5 Å². The van der Waals surface area contributed by atoms with Gasteiger partial charge in [-0.25, -0.2) is 16.8 Å². The Morgan fingerprint density at radius 1 is 0.853 bits per heavy atom. The molecule has 0 aliphatic carbocycles. The number of rotatable bonds is 10. The van der Waals surface area contributed by atoms with Crippen LogP contribution < -0.4 is 47.2 Å². The Labute approximate surface area is 221 Å². The fraction of sp³-hybridized carbons (Fsp3) is 0.333. The maximum atomic E-state index is 10.9. The third-order valence-corrected chi connectivity index (χ3v) is 5.22. The van der Waals surface area contributed by atoms with Crippen molar-refractivity contribution in [2.24, 2.45) is 0 Å². The van der Waals surface area contributed by atoms with E-state index in [1.54, 1.807) is 0 Å². The standard InChI is InChI=1S/C9H12O6S.C9H11O6S.2Li/c2*10-5-7(11)6-15-8-3-1-2-4-9(8)16(12,13)14;;/h1-4,7,10-11H,5-6H2,(H,12,13,14);1,3-4,7,10-11H,5-6H2,(H,12,13,14);;/q;-1;2*+1/p-1. The molecule has 0 aromatic heterocycles. The van der Waals surface area contributed by atoms with Gasteiger partial charge in [0.25, 0.3) is 0 Å². The van der Waals surface area contributed by atoms with E-state index in [1.807, 2.05) is 0 Å². The van der Waals surface area contributed by atoms with Crippen LogP contribution in [-0.4, -0.2) is 85.0 Å². The topological polar surface area (TPSA) is 211 Å².